The Labute approximate surface area is 122 Å². The quantitative estimate of drug-likeness (QED) is 0.939. The van der Waals surface area contributed by atoms with Crippen LogP contribution in [0.1, 0.15) is 11.4 Å². The predicted molar refractivity (Wildman–Crippen MR) is 82.6 cm³/mol. The van der Waals surface area contributed by atoms with E-state index in [1.54, 1.807) is 0 Å². The second kappa shape index (κ2) is 6.02. The molecule has 2 aromatic heterocycles. The molecule has 0 bridgehead atoms. The number of rotatable bonds is 4. The number of aromatic nitrogens is 2. The topological polar surface area (TPSA) is 41.1 Å². The van der Waals surface area contributed by atoms with Crippen LogP contribution in [0.4, 0.5) is 11.6 Å². The normalized spacial score (nSPS) is 10.3. The number of nitrogens with one attached hydrogen (secondary N) is 1. The highest BCUT2D eigenvalue weighted by Crippen LogP contribution is 2.16. The van der Waals surface area contributed by atoms with Crippen LogP contribution in [-0.4, -0.2) is 24.1 Å². The van der Waals surface area contributed by atoms with Crippen molar-refractivity contribution in [2.75, 3.05) is 24.3 Å². The number of aryl methyl sites for hydroxylation is 1. The first kappa shape index (κ1) is 13.8. The van der Waals surface area contributed by atoms with Crippen molar-refractivity contribution in [2.45, 2.75) is 13.5 Å². The third kappa shape index (κ3) is 3.67. The largest absolute Gasteiger partial charge is 0.364 e. The molecular weight excluding hydrogens is 304 g/mol. The molecule has 2 rings (SSSR count). The van der Waals surface area contributed by atoms with Gasteiger partial charge >= 0.3 is 0 Å². The zero-order valence-corrected chi connectivity index (χ0v) is 12.9. The molecule has 0 saturated carbocycles. The average molecular weight is 321 g/mol. The van der Waals surface area contributed by atoms with Crippen LogP contribution in [0.3, 0.4) is 0 Å². The number of hydrogen-bond donors (Lipinski definition) is 1. The van der Waals surface area contributed by atoms with E-state index in [1.165, 1.54) is 0 Å². The van der Waals surface area contributed by atoms with Gasteiger partial charge in [-0.05, 0) is 47.1 Å². The minimum atomic E-state index is 0.662. The standard InChI is InChI=1S/C14H17BrN4/c1-10-12(15)7-8-13(17-10)16-9-11-5-4-6-14(18-11)19(2)3/h4-8H,9H2,1-3H3,(H,16,17). The van der Waals surface area contributed by atoms with Gasteiger partial charge < -0.3 is 10.2 Å². The van der Waals surface area contributed by atoms with Crippen LogP contribution in [-0.2, 0) is 6.54 Å². The first-order chi connectivity index (χ1) is 9.06. The van der Waals surface area contributed by atoms with Crippen LogP contribution in [0.15, 0.2) is 34.8 Å². The molecule has 0 aliphatic carbocycles. The number of pyridine rings is 2. The summed E-state index contributed by atoms with van der Waals surface area (Å²) in [4.78, 5) is 11.0. The molecule has 0 fully saturated rings. The molecule has 0 atom stereocenters. The van der Waals surface area contributed by atoms with Crippen LogP contribution in [0.5, 0.6) is 0 Å². The Hall–Kier alpha value is -1.62. The summed E-state index contributed by atoms with van der Waals surface area (Å²) in [6, 6.07) is 9.96. The first-order valence-corrected chi connectivity index (χ1v) is 6.86. The molecule has 1 N–H and O–H groups in total. The van der Waals surface area contributed by atoms with Crippen molar-refractivity contribution in [3.63, 3.8) is 0 Å². The fourth-order valence-corrected chi connectivity index (χ4v) is 1.86. The Morgan fingerprint density at radius 3 is 2.63 bits per heavy atom. The molecule has 0 spiro atoms. The zero-order chi connectivity index (χ0) is 13.8. The van der Waals surface area contributed by atoms with Gasteiger partial charge in [-0.25, -0.2) is 9.97 Å². The zero-order valence-electron chi connectivity index (χ0n) is 11.3. The molecule has 5 heteroatoms. The number of halogens is 1. The molecule has 0 aromatic carbocycles. The highest BCUT2D eigenvalue weighted by atomic mass is 79.9. The van der Waals surface area contributed by atoms with Crippen LogP contribution in [0, 0.1) is 6.92 Å². The van der Waals surface area contributed by atoms with E-state index < -0.39 is 0 Å². The van der Waals surface area contributed by atoms with Crippen molar-refractivity contribution >= 4 is 27.6 Å². The molecule has 4 nitrogen and oxygen atoms in total. The van der Waals surface area contributed by atoms with Crippen molar-refractivity contribution in [1.82, 2.24) is 9.97 Å². The lowest BCUT2D eigenvalue weighted by Crippen LogP contribution is -2.12. The maximum atomic E-state index is 4.55. The van der Waals surface area contributed by atoms with Gasteiger partial charge in [-0.15, -0.1) is 0 Å². The van der Waals surface area contributed by atoms with Crippen LogP contribution < -0.4 is 10.2 Å². The summed E-state index contributed by atoms with van der Waals surface area (Å²) in [5, 5.41) is 3.28. The van der Waals surface area contributed by atoms with Crippen molar-refractivity contribution in [3.05, 3.63) is 46.2 Å². The summed E-state index contributed by atoms with van der Waals surface area (Å²) >= 11 is 3.44. The van der Waals surface area contributed by atoms with E-state index >= 15 is 0 Å². The van der Waals surface area contributed by atoms with E-state index in [0.29, 0.717) is 6.54 Å². The molecule has 0 radical (unpaired) electrons. The minimum Gasteiger partial charge on any atom is -0.364 e. The third-order valence-electron chi connectivity index (χ3n) is 2.72. The molecular formula is C14H17BrN4. The smallest absolute Gasteiger partial charge is 0.128 e. The molecule has 0 saturated heterocycles. The Morgan fingerprint density at radius 1 is 1.16 bits per heavy atom. The lowest BCUT2D eigenvalue weighted by Gasteiger charge is -2.13. The molecule has 2 aromatic rings. The van der Waals surface area contributed by atoms with E-state index in [-0.39, 0.29) is 0 Å². The van der Waals surface area contributed by atoms with E-state index in [0.717, 1.165) is 27.5 Å². The van der Waals surface area contributed by atoms with E-state index in [2.05, 4.69) is 31.2 Å². The maximum Gasteiger partial charge on any atom is 0.128 e. The lowest BCUT2D eigenvalue weighted by molar-refractivity contribution is 0.984. The van der Waals surface area contributed by atoms with Gasteiger partial charge in [0.25, 0.3) is 0 Å². The molecule has 19 heavy (non-hydrogen) atoms. The molecule has 0 aliphatic rings. The number of nitrogens with zero attached hydrogens (tertiary/aromatic N) is 3. The molecule has 100 valence electrons. The fraction of sp³-hybridized carbons (Fsp3) is 0.286. The molecule has 0 unspecified atom stereocenters. The number of anilines is 2. The van der Waals surface area contributed by atoms with Crippen molar-refractivity contribution in [1.29, 1.82) is 0 Å². The van der Waals surface area contributed by atoms with Crippen LogP contribution in [0.2, 0.25) is 0 Å². The predicted octanol–water partition coefficient (Wildman–Crippen LogP) is 3.23. The van der Waals surface area contributed by atoms with Crippen molar-refractivity contribution in [2.24, 2.45) is 0 Å². The van der Waals surface area contributed by atoms with Gasteiger partial charge in [0.2, 0.25) is 0 Å². The van der Waals surface area contributed by atoms with Gasteiger partial charge in [-0.2, -0.15) is 0 Å². The molecule has 0 amide bonds. The summed E-state index contributed by atoms with van der Waals surface area (Å²) in [7, 11) is 3.97. The lowest BCUT2D eigenvalue weighted by atomic mass is 10.3. The summed E-state index contributed by atoms with van der Waals surface area (Å²) in [6.07, 6.45) is 0. The molecule has 2 heterocycles. The van der Waals surface area contributed by atoms with E-state index in [1.807, 2.05) is 56.3 Å². The Morgan fingerprint density at radius 2 is 1.95 bits per heavy atom. The summed E-state index contributed by atoms with van der Waals surface area (Å²) in [5.74, 6) is 1.82. The Balaban J connectivity index is 2.05. The van der Waals surface area contributed by atoms with Crippen molar-refractivity contribution in [3.8, 4) is 0 Å². The summed E-state index contributed by atoms with van der Waals surface area (Å²) < 4.78 is 1.02. The summed E-state index contributed by atoms with van der Waals surface area (Å²) in [5.41, 5.74) is 1.97. The average Bonchev–Trinajstić information content (AvgIpc) is 2.40. The second-order valence-corrected chi connectivity index (χ2v) is 5.35. The van der Waals surface area contributed by atoms with Crippen LogP contribution >= 0.6 is 15.9 Å². The first-order valence-electron chi connectivity index (χ1n) is 6.06. The number of hydrogen-bond acceptors (Lipinski definition) is 4. The van der Waals surface area contributed by atoms with Gasteiger partial charge in [0.15, 0.2) is 0 Å². The van der Waals surface area contributed by atoms with E-state index in [9.17, 15) is 0 Å². The monoisotopic (exact) mass is 320 g/mol. The van der Waals surface area contributed by atoms with Gasteiger partial charge in [0, 0.05) is 18.6 Å². The summed E-state index contributed by atoms with van der Waals surface area (Å²) in [6.45, 7) is 2.63. The highest BCUT2D eigenvalue weighted by molar-refractivity contribution is 9.10. The Bertz CT molecular complexity index is 569. The van der Waals surface area contributed by atoms with Gasteiger partial charge in [-0.1, -0.05) is 6.07 Å². The van der Waals surface area contributed by atoms with E-state index in [4.69, 9.17) is 0 Å². The SMILES string of the molecule is Cc1nc(NCc2cccc(N(C)C)n2)ccc1Br. The minimum absolute atomic E-state index is 0.662. The van der Waals surface area contributed by atoms with Gasteiger partial charge in [0.05, 0.1) is 17.9 Å². The Kier molecular flexibility index (Phi) is 4.37. The van der Waals surface area contributed by atoms with Crippen molar-refractivity contribution < 1.29 is 0 Å². The maximum absolute atomic E-state index is 4.55. The third-order valence-corrected chi connectivity index (χ3v) is 3.56. The fourth-order valence-electron chi connectivity index (χ4n) is 1.64. The van der Waals surface area contributed by atoms with Gasteiger partial charge in [-0.3, -0.25) is 0 Å². The molecule has 0 aliphatic heterocycles. The van der Waals surface area contributed by atoms with Crippen LogP contribution in [0.25, 0.3) is 0 Å². The van der Waals surface area contributed by atoms with Gasteiger partial charge in [0.1, 0.15) is 11.6 Å². The second-order valence-electron chi connectivity index (χ2n) is 4.50. The highest BCUT2D eigenvalue weighted by Gasteiger charge is 2.02.